The molecular weight excluding hydrogens is 190 g/mol. The summed E-state index contributed by atoms with van der Waals surface area (Å²) in [5.74, 6) is 2.62. The van der Waals surface area contributed by atoms with Gasteiger partial charge in [0.2, 0.25) is 0 Å². The second-order valence-electron chi connectivity index (χ2n) is 3.90. The number of anilines is 1. The van der Waals surface area contributed by atoms with Crippen molar-refractivity contribution in [2.75, 3.05) is 16.8 Å². The minimum atomic E-state index is 0.693. The molecule has 2 rings (SSSR count). The molecule has 1 N–H and O–H groups in total. The smallest absolute Gasteiger partial charge is 0.0342 e. The van der Waals surface area contributed by atoms with Gasteiger partial charge in [-0.2, -0.15) is 11.8 Å². The summed E-state index contributed by atoms with van der Waals surface area (Å²) in [5.41, 5.74) is 2.60. The molecule has 0 amide bonds. The molecule has 0 bridgehead atoms. The van der Waals surface area contributed by atoms with Gasteiger partial charge in [0.1, 0.15) is 0 Å². The number of rotatable bonds is 2. The monoisotopic (exact) mass is 207 g/mol. The highest BCUT2D eigenvalue weighted by atomic mass is 32.2. The van der Waals surface area contributed by atoms with Gasteiger partial charge in [0.05, 0.1) is 0 Å². The van der Waals surface area contributed by atoms with Crippen LogP contribution in [0.1, 0.15) is 18.4 Å². The van der Waals surface area contributed by atoms with Gasteiger partial charge in [0, 0.05) is 11.7 Å². The predicted octanol–water partition coefficient (Wildman–Crippen LogP) is 3.30. The van der Waals surface area contributed by atoms with E-state index in [1.165, 1.54) is 35.6 Å². The fourth-order valence-corrected chi connectivity index (χ4v) is 2.83. The SMILES string of the molecule is Cc1ccc(NC2CCSCC2)cc1. The van der Waals surface area contributed by atoms with Crippen LogP contribution in [0.3, 0.4) is 0 Å². The van der Waals surface area contributed by atoms with E-state index in [2.05, 4.69) is 48.3 Å². The van der Waals surface area contributed by atoms with Crippen molar-refractivity contribution in [3.05, 3.63) is 29.8 Å². The Morgan fingerprint density at radius 1 is 1.14 bits per heavy atom. The van der Waals surface area contributed by atoms with Crippen LogP contribution in [-0.4, -0.2) is 17.5 Å². The quantitative estimate of drug-likeness (QED) is 0.798. The zero-order valence-electron chi connectivity index (χ0n) is 8.62. The lowest BCUT2D eigenvalue weighted by Crippen LogP contribution is -2.24. The summed E-state index contributed by atoms with van der Waals surface area (Å²) >= 11 is 2.07. The van der Waals surface area contributed by atoms with Crippen molar-refractivity contribution in [2.45, 2.75) is 25.8 Å². The van der Waals surface area contributed by atoms with Gasteiger partial charge in [-0.05, 0) is 43.4 Å². The van der Waals surface area contributed by atoms with E-state index in [1.54, 1.807) is 0 Å². The average Bonchev–Trinajstić information content (AvgIpc) is 2.23. The van der Waals surface area contributed by atoms with Crippen LogP contribution in [-0.2, 0) is 0 Å². The lowest BCUT2D eigenvalue weighted by molar-refractivity contribution is 0.667. The van der Waals surface area contributed by atoms with Crippen LogP contribution >= 0.6 is 11.8 Å². The Balaban J connectivity index is 1.92. The Morgan fingerprint density at radius 3 is 2.43 bits per heavy atom. The Kier molecular flexibility index (Phi) is 3.35. The first-order valence-corrected chi connectivity index (χ1v) is 6.41. The van der Waals surface area contributed by atoms with Gasteiger partial charge in [-0.25, -0.2) is 0 Å². The predicted molar refractivity (Wildman–Crippen MR) is 65.1 cm³/mol. The fourth-order valence-electron chi connectivity index (χ4n) is 1.73. The van der Waals surface area contributed by atoms with Gasteiger partial charge < -0.3 is 5.32 Å². The van der Waals surface area contributed by atoms with Gasteiger partial charge in [-0.15, -0.1) is 0 Å². The third-order valence-corrected chi connectivity index (χ3v) is 3.69. The molecule has 0 atom stereocenters. The molecule has 1 heterocycles. The number of thioether (sulfide) groups is 1. The molecule has 0 saturated carbocycles. The summed E-state index contributed by atoms with van der Waals surface area (Å²) in [5, 5.41) is 3.59. The van der Waals surface area contributed by atoms with Gasteiger partial charge in [-0.3, -0.25) is 0 Å². The number of aryl methyl sites for hydroxylation is 1. The molecule has 2 heteroatoms. The zero-order chi connectivity index (χ0) is 9.80. The molecule has 1 nitrogen and oxygen atoms in total. The summed E-state index contributed by atoms with van der Waals surface area (Å²) < 4.78 is 0. The van der Waals surface area contributed by atoms with Crippen molar-refractivity contribution in [3.8, 4) is 0 Å². The number of benzene rings is 1. The highest BCUT2D eigenvalue weighted by molar-refractivity contribution is 7.99. The van der Waals surface area contributed by atoms with E-state index in [9.17, 15) is 0 Å². The maximum absolute atomic E-state index is 3.59. The van der Waals surface area contributed by atoms with Crippen molar-refractivity contribution in [3.63, 3.8) is 0 Å². The van der Waals surface area contributed by atoms with Gasteiger partial charge in [-0.1, -0.05) is 17.7 Å². The maximum atomic E-state index is 3.59. The van der Waals surface area contributed by atoms with E-state index in [-0.39, 0.29) is 0 Å². The van der Waals surface area contributed by atoms with Crippen LogP contribution in [0.5, 0.6) is 0 Å². The molecule has 1 fully saturated rings. The molecule has 1 saturated heterocycles. The summed E-state index contributed by atoms with van der Waals surface area (Å²) in [6.07, 6.45) is 2.61. The third kappa shape index (κ3) is 2.68. The topological polar surface area (TPSA) is 12.0 Å². The zero-order valence-corrected chi connectivity index (χ0v) is 9.44. The van der Waals surface area contributed by atoms with E-state index in [1.807, 2.05) is 0 Å². The van der Waals surface area contributed by atoms with Crippen LogP contribution in [0.25, 0.3) is 0 Å². The van der Waals surface area contributed by atoms with Crippen molar-refractivity contribution < 1.29 is 0 Å². The molecule has 0 radical (unpaired) electrons. The number of hydrogen-bond donors (Lipinski definition) is 1. The molecule has 14 heavy (non-hydrogen) atoms. The van der Waals surface area contributed by atoms with Crippen LogP contribution in [0, 0.1) is 6.92 Å². The van der Waals surface area contributed by atoms with E-state index >= 15 is 0 Å². The normalized spacial score (nSPS) is 18.1. The molecule has 1 aromatic carbocycles. The summed E-state index contributed by atoms with van der Waals surface area (Å²) in [6.45, 7) is 2.13. The first-order chi connectivity index (χ1) is 6.84. The van der Waals surface area contributed by atoms with Crippen LogP contribution in [0.2, 0.25) is 0 Å². The van der Waals surface area contributed by atoms with E-state index < -0.39 is 0 Å². The number of nitrogens with one attached hydrogen (secondary N) is 1. The highest BCUT2D eigenvalue weighted by Crippen LogP contribution is 2.20. The van der Waals surface area contributed by atoms with E-state index in [0.29, 0.717) is 6.04 Å². The molecule has 0 unspecified atom stereocenters. The Bertz CT molecular complexity index is 275. The first-order valence-electron chi connectivity index (χ1n) is 5.25. The Labute approximate surface area is 90.3 Å². The molecule has 1 aromatic rings. The van der Waals surface area contributed by atoms with Crippen LogP contribution < -0.4 is 5.32 Å². The van der Waals surface area contributed by atoms with Gasteiger partial charge in [0.15, 0.2) is 0 Å². The van der Waals surface area contributed by atoms with Crippen molar-refractivity contribution in [1.82, 2.24) is 0 Å². The molecule has 1 aliphatic rings. The lowest BCUT2D eigenvalue weighted by Gasteiger charge is -2.23. The van der Waals surface area contributed by atoms with Gasteiger partial charge in [0.25, 0.3) is 0 Å². The fraction of sp³-hybridized carbons (Fsp3) is 0.500. The molecule has 0 aliphatic carbocycles. The largest absolute Gasteiger partial charge is 0.382 e. The standard InChI is InChI=1S/C12H17NS/c1-10-2-4-11(5-3-10)13-12-6-8-14-9-7-12/h2-5,12-13H,6-9H2,1H3. The minimum Gasteiger partial charge on any atom is -0.382 e. The third-order valence-electron chi connectivity index (χ3n) is 2.64. The molecular formula is C12H17NS. The highest BCUT2D eigenvalue weighted by Gasteiger charge is 2.12. The summed E-state index contributed by atoms with van der Waals surface area (Å²) in [6, 6.07) is 9.38. The Hall–Kier alpha value is -0.630. The van der Waals surface area contributed by atoms with E-state index in [4.69, 9.17) is 0 Å². The second-order valence-corrected chi connectivity index (χ2v) is 5.12. The molecule has 0 aromatic heterocycles. The average molecular weight is 207 g/mol. The maximum Gasteiger partial charge on any atom is 0.0342 e. The van der Waals surface area contributed by atoms with Gasteiger partial charge >= 0.3 is 0 Å². The lowest BCUT2D eigenvalue weighted by atomic mass is 10.1. The second kappa shape index (κ2) is 4.74. The van der Waals surface area contributed by atoms with E-state index in [0.717, 1.165) is 0 Å². The molecule has 0 spiro atoms. The Morgan fingerprint density at radius 2 is 1.79 bits per heavy atom. The minimum absolute atomic E-state index is 0.693. The van der Waals surface area contributed by atoms with Crippen LogP contribution in [0.4, 0.5) is 5.69 Å². The van der Waals surface area contributed by atoms with Crippen molar-refractivity contribution in [2.24, 2.45) is 0 Å². The van der Waals surface area contributed by atoms with Crippen molar-refractivity contribution >= 4 is 17.4 Å². The summed E-state index contributed by atoms with van der Waals surface area (Å²) in [4.78, 5) is 0. The summed E-state index contributed by atoms with van der Waals surface area (Å²) in [7, 11) is 0. The molecule has 76 valence electrons. The molecule has 1 aliphatic heterocycles. The van der Waals surface area contributed by atoms with Crippen LogP contribution in [0.15, 0.2) is 24.3 Å². The van der Waals surface area contributed by atoms with Crippen molar-refractivity contribution in [1.29, 1.82) is 0 Å². The first kappa shape index (κ1) is 9.91. The number of hydrogen-bond acceptors (Lipinski definition) is 2.